The van der Waals surface area contributed by atoms with Gasteiger partial charge in [0.05, 0.1) is 0 Å². The van der Waals surface area contributed by atoms with E-state index in [1.165, 1.54) is 5.56 Å². The fraction of sp³-hybridized carbons (Fsp3) is 0.278. The van der Waals surface area contributed by atoms with Crippen molar-refractivity contribution in [1.29, 1.82) is 0 Å². The van der Waals surface area contributed by atoms with Crippen LogP contribution in [0.2, 0.25) is 0 Å². The molecule has 2 rings (SSSR count). The molecular weight excluding hydrogens is 278 g/mol. The first kappa shape index (κ1) is 16.0. The molecule has 4 heteroatoms. The summed E-state index contributed by atoms with van der Waals surface area (Å²) in [5, 5.41) is 8.64. The van der Waals surface area contributed by atoms with Gasteiger partial charge in [-0.25, -0.2) is 5.48 Å². The molecule has 4 nitrogen and oxygen atoms in total. The molecule has 0 bridgehead atoms. The molecule has 0 spiro atoms. The van der Waals surface area contributed by atoms with Crippen molar-refractivity contribution in [1.82, 2.24) is 5.48 Å². The molecule has 0 aliphatic rings. The van der Waals surface area contributed by atoms with Gasteiger partial charge in [0.15, 0.2) is 0 Å². The SMILES string of the molecule is Cc1cc(C(=O)NO)ccc1Oc1ccc(C(C)(C)C)cc1. The predicted molar refractivity (Wildman–Crippen MR) is 85.6 cm³/mol. The van der Waals surface area contributed by atoms with Crippen molar-refractivity contribution in [3.63, 3.8) is 0 Å². The molecule has 116 valence electrons. The smallest absolute Gasteiger partial charge is 0.274 e. The lowest BCUT2D eigenvalue weighted by molar-refractivity contribution is 0.0706. The van der Waals surface area contributed by atoms with Gasteiger partial charge in [-0.05, 0) is 53.8 Å². The number of hydrogen-bond donors (Lipinski definition) is 2. The molecule has 1 amide bonds. The van der Waals surface area contributed by atoms with Crippen molar-refractivity contribution < 1.29 is 14.7 Å². The first-order chi connectivity index (χ1) is 10.3. The van der Waals surface area contributed by atoms with Crippen LogP contribution in [0, 0.1) is 6.92 Å². The fourth-order valence-electron chi connectivity index (χ4n) is 2.12. The molecule has 0 saturated heterocycles. The minimum atomic E-state index is -0.538. The molecule has 0 aliphatic carbocycles. The Hall–Kier alpha value is -2.33. The maximum Gasteiger partial charge on any atom is 0.274 e. The third-order valence-electron chi connectivity index (χ3n) is 3.49. The van der Waals surface area contributed by atoms with E-state index in [0.717, 1.165) is 11.3 Å². The van der Waals surface area contributed by atoms with E-state index in [1.807, 2.05) is 19.1 Å². The average Bonchev–Trinajstić information content (AvgIpc) is 2.48. The third-order valence-corrected chi connectivity index (χ3v) is 3.49. The van der Waals surface area contributed by atoms with Crippen molar-refractivity contribution in [3.05, 3.63) is 59.2 Å². The summed E-state index contributed by atoms with van der Waals surface area (Å²) in [5.74, 6) is 0.887. The largest absolute Gasteiger partial charge is 0.457 e. The van der Waals surface area contributed by atoms with Gasteiger partial charge >= 0.3 is 0 Å². The Morgan fingerprint density at radius 3 is 2.23 bits per heavy atom. The van der Waals surface area contributed by atoms with Gasteiger partial charge in [0, 0.05) is 5.56 Å². The van der Waals surface area contributed by atoms with Gasteiger partial charge in [0.1, 0.15) is 11.5 Å². The Morgan fingerprint density at radius 1 is 1.09 bits per heavy atom. The van der Waals surface area contributed by atoms with Crippen LogP contribution in [-0.4, -0.2) is 11.1 Å². The number of benzene rings is 2. The first-order valence-electron chi connectivity index (χ1n) is 7.15. The Bertz CT molecular complexity index is 670. The summed E-state index contributed by atoms with van der Waals surface area (Å²) in [6, 6.07) is 13.0. The minimum absolute atomic E-state index is 0.105. The lowest BCUT2D eigenvalue weighted by atomic mass is 9.87. The Balaban J connectivity index is 2.19. The van der Waals surface area contributed by atoms with E-state index in [0.29, 0.717) is 11.3 Å². The molecule has 0 aromatic heterocycles. The van der Waals surface area contributed by atoms with E-state index in [-0.39, 0.29) is 5.41 Å². The summed E-state index contributed by atoms with van der Waals surface area (Å²) in [6.45, 7) is 8.35. The van der Waals surface area contributed by atoms with E-state index in [9.17, 15) is 4.79 Å². The number of carbonyl (C=O) groups excluding carboxylic acids is 1. The van der Waals surface area contributed by atoms with Gasteiger partial charge in [-0.15, -0.1) is 0 Å². The number of aryl methyl sites for hydroxylation is 1. The second-order valence-electron chi connectivity index (χ2n) is 6.30. The summed E-state index contributed by atoms with van der Waals surface area (Å²) in [7, 11) is 0. The fourth-order valence-corrected chi connectivity index (χ4v) is 2.12. The highest BCUT2D eigenvalue weighted by Gasteiger charge is 2.13. The summed E-state index contributed by atoms with van der Waals surface area (Å²) in [6.07, 6.45) is 0. The van der Waals surface area contributed by atoms with Crippen LogP contribution in [0.1, 0.15) is 42.3 Å². The number of carbonyl (C=O) groups is 1. The molecule has 0 unspecified atom stereocenters. The molecule has 0 aliphatic heterocycles. The number of amides is 1. The predicted octanol–water partition coefficient (Wildman–Crippen LogP) is 4.20. The van der Waals surface area contributed by atoms with Crippen molar-refractivity contribution in [2.45, 2.75) is 33.1 Å². The highest BCUT2D eigenvalue weighted by molar-refractivity contribution is 5.93. The number of hydroxylamine groups is 1. The van der Waals surface area contributed by atoms with Crippen molar-refractivity contribution in [3.8, 4) is 11.5 Å². The molecule has 2 aromatic carbocycles. The zero-order chi connectivity index (χ0) is 16.3. The van der Waals surface area contributed by atoms with Gasteiger partial charge in [-0.2, -0.15) is 0 Å². The average molecular weight is 299 g/mol. The number of hydrogen-bond acceptors (Lipinski definition) is 3. The third kappa shape index (κ3) is 3.65. The molecule has 0 atom stereocenters. The van der Waals surface area contributed by atoms with Crippen LogP contribution >= 0.6 is 0 Å². The second-order valence-corrected chi connectivity index (χ2v) is 6.30. The van der Waals surface area contributed by atoms with E-state index < -0.39 is 5.91 Å². The molecule has 22 heavy (non-hydrogen) atoms. The molecule has 0 heterocycles. The normalized spacial score (nSPS) is 11.1. The van der Waals surface area contributed by atoms with Crippen molar-refractivity contribution >= 4 is 5.91 Å². The lowest BCUT2D eigenvalue weighted by Gasteiger charge is -2.19. The highest BCUT2D eigenvalue weighted by Crippen LogP contribution is 2.28. The molecule has 0 radical (unpaired) electrons. The summed E-state index contributed by atoms with van der Waals surface area (Å²) < 4.78 is 5.85. The molecular formula is C18H21NO3. The lowest BCUT2D eigenvalue weighted by Crippen LogP contribution is -2.18. The van der Waals surface area contributed by atoms with Gasteiger partial charge in [0.25, 0.3) is 5.91 Å². The van der Waals surface area contributed by atoms with E-state index in [1.54, 1.807) is 23.7 Å². The number of rotatable bonds is 3. The van der Waals surface area contributed by atoms with Crippen molar-refractivity contribution in [2.24, 2.45) is 0 Å². The van der Waals surface area contributed by atoms with Gasteiger partial charge in [-0.1, -0.05) is 32.9 Å². The minimum Gasteiger partial charge on any atom is -0.457 e. The highest BCUT2D eigenvalue weighted by atomic mass is 16.5. The number of nitrogens with one attached hydrogen (secondary N) is 1. The summed E-state index contributed by atoms with van der Waals surface area (Å²) >= 11 is 0. The van der Waals surface area contributed by atoms with Crippen LogP contribution in [0.3, 0.4) is 0 Å². The van der Waals surface area contributed by atoms with Crippen LogP contribution in [0.25, 0.3) is 0 Å². The van der Waals surface area contributed by atoms with Crippen molar-refractivity contribution in [2.75, 3.05) is 0 Å². The second kappa shape index (κ2) is 6.20. The zero-order valence-electron chi connectivity index (χ0n) is 13.3. The topological polar surface area (TPSA) is 58.6 Å². The quantitative estimate of drug-likeness (QED) is 0.659. The molecule has 0 saturated carbocycles. The first-order valence-corrected chi connectivity index (χ1v) is 7.15. The van der Waals surface area contributed by atoms with E-state index in [2.05, 4.69) is 32.9 Å². The van der Waals surface area contributed by atoms with Crippen LogP contribution in [0.15, 0.2) is 42.5 Å². The Labute approximate surface area is 130 Å². The zero-order valence-corrected chi connectivity index (χ0v) is 13.3. The van der Waals surface area contributed by atoms with E-state index in [4.69, 9.17) is 9.94 Å². The van der Waals surface area contributed by atoms with Crippen LogP contribution in [0.5, 0.6) is 11.5 Å². The molecule has 2 aromatic rings. The standard InChI is InChI=1S/C18H21NO3/c1-12-11-13(17(20)19-21)5-10-16(12)22-15-8-6-14(7-9-15)18(2,3)4/h5-11,21H,1-4H3,(H,19,20). The Morgan fingerprint density at radius 2 is 1.73 bits per heavy atom. The van der Waals surface area contributed by atoms with Crippen LogP contribution in [0.4, 0.5) is 0 Å². The maximum absolute atomic E-state index is 11.4. The molecule has 0 fully saturated rings. The summed E-state index contributed by atoms with van der Waals surface area (Å²) in [4.78, 5) is 11.4. The van der Waals surface area contributed by atoms with Gasteiger partial charge in [-0.3, -0.25) is 10.0 Å². The summed E-state index contributed by atoms with van der Waals surface area (Å²) in [5.41, 5.74) is 4.17. The monoisotopic (exact) mass is 299 g/mol. The van der Waals surface area contributed by atoms with E-state index >= 15 is 0 Å². The van der Waals surface area contributed by atoms with Crippen LogP contribution < -0.4 is 10.2 Å². The number of ether oxygens (including phenoxy) is 1. The van der Waals surface area contributed by atoms with Gasteiger partial charge < -0.3 is 4.74 Å². The maximum atomic E-state index is 11.4. The van der Waals surface area contributed by atoms with Gasteiger partial charge in [0.2, 0.25) is 0 Å². The Kier molecular flexibility index (Phi) is 4.52. The molecule has 2 N–H and O–H groups in total. The van der Waals surface area contributed by atoms with Crippen LogP contribution in [-0.2, 0) is 5.41 Å².